The maximum absolute atomic E-state index is 5.14. The molecule has 0 aromatic carbocycles. The Kier molecular flexibility index (Phi) is 5.97. The molecule has 0 heteroatoms. The van der Waals surface area contributed by atoms with Gasteiger partial charge in [0.05, 0.1) is 0 Å². The van der Waals surface area contributed by atoms with Gasteiger partial charge in [-0.15, -0.1) is 6.42 Å². The molecule has 0 aliphatic heterocycles. The van der Waals surface area contributed by atoms with E-state index in [0.717, 1.165) is 12.0 Å². The smallest absolute Gasteiger partial charge is 0.00542 e. The number of hydrogen-bond acceptors (Lipinski definition) is 0. The molecule has 0 heterocycles. The van der Waals surface area contributed by atoms with Crippen molar-refractivity contribution in [2.45, 2.75) is 39.0 Å². The molecule has 0 amide bonds. The lowest BCUT2D eigenvalue weighted by atomic mass is 10.1. The summed E-state index contributed by atoms with van der Waals surface area (Å²) in [6.07, 6.45) is 11.2. The van der Waals surface area contributed by atoms with E-state index in [4.69, 9.17) is 6.42 Å². The molecule has 0 radical (unpaired) electrons. The van der Waals surface area contributed by atoms with Crippen molar-refractivity contribution in [3.63, 3.8) is 0 Å². The third-order valence-corrected chi connectivity index (χ3v) is 1.54. The van der Waals surface area contributed by atoms with Gasteiger partial charge in [-0.1, -0.05) is 38.7 Å². The molecule has 0 bridgehead atoms. The number of unbranched alkanes of at least 4 members (excludes halogenated alkanes) is 3. The second-order valence-electron chi connectivity index (χ2n) is 2.56. The highest BCUT2D eigenvalue weighted by Crippen LogP contribution is 2.06. The molecule has 0 spiro atoms. The second-order valence-corrected chi connectivity index (χ2v) is 2.56. The summed E-state index contributed by atoms with van der Waals surface area (Å²) in [7, 11) is 0. The number of rotatable bonds is 5. The van der Waals surface area contributed by atoms with E-state index in [1.165, 1.54) is 25.7 Å². The number of allylic oxidation sites excluding steroid dienone is 1. The van der Waals surface area contributed by atoms with Gasteiger partial charge in [0.1, 0.15) is 0 Å². The van der Waals surface area contributed by atoms with Crippen LogP contribution >= 0.6 is 0 Å². The molecule has 0 atom stereocenters. The van der Waals surface area contributed by atoms with Crippen molar-refractivity contribution >= 4 is 0 Å². The summed E-state index contributed by atoms with van der Waals surface area (Å²) < 4.78 is 0. The van der Waals surface area contributed by atoms with Gasteiger partial charge in [-0.25, -0.2) is 0 Å². The molecular weight excluding hydrogens is 120 g/mol. The van der Waals surface area contributed by atoms with Crippen LogP contribution in [0, 0.1) is 12.3 Å². The third-order valence-electron chi connectivity index (χ3n) is 1.54. The molecule has 0 aliphatic carbocycles. The average Bonchev–Trinajstić information content (AvgIpc) is 1.98. The normalized spacial score (nSPS) is 8.80. The standard InChI is InChI=1S/C10H16/c1-4-6-7-8-9-10(3)5-2/h2H,3-4,6-9H2,1H3. The molecular formula is C10H16. The molecule has 0 N–H and O–H groups in total. The summed E-state index contributed by atoms with van der Waals surface area (Å²) in [6, 6.07) is 0. The van der Waals surface area contributed by atoms with Crippen LogP contribution in [0.1, 0.15) is 39.0 Å². The highest BCUT2D eigenvalue weighted by molar-refractivity contribution is 5.20. The van der Waals surface area contributed by atoms with Crippen molar-refractivity contribution in [2.75, 3.05) is 0 Å². The van der Waals surface area contributed by atoms with Crippen LogP contribution in [0.2, 0.25) is 0 Å². The van der Waals surface area contributed by atoms with Gasteiger partial charge >= 0.3 is 0 Å². The minimum atomic E-state index is 0.941. The molecule has 56 valence electrons. The Morgan fingerprint density at radius 3 is 2.60 bits per heavy atom. The summed E-state index contributed by atoms with van der Waals surface area (Å²) in [5, 5.41) is 0. The van der Waals surface area contributed by atoms with Gasteiger partial charge in [0, 0.05) is 0 Å². The SMILES string of the molecule is C#CC(=C)CCCCCC. The Hall–Kier alpha value is -0.700. The highest BCUT2D eigenvalue weighted by Gasteiger charge is 1.88. The van der Waals surface area contributed by atoms with E-state index in [1.54, 1.807) is 0 Å². The van der Waals surface area contributed by atoms with Crippen LogP contribution in [0.3, 0.4) is 0 Å². The van der Waals surface area contributed by atoms with Gasteiger partial charge in [0.25, 0.3) is 0 Å². The molecule has 0 aromatic heterocycles. The Labute approximate surface area is 64.3 Å². The topological polar surface area (TPSA) is 0 Å². The summed E-state index contributed by atoms with van der Waals surface area (Å²) in [4.78, 5) is 0. The Morgan fingerprint density at radius 1 is 1.40 bits per heavy atom. The van der Waals surface area contributed by atoms with Crippen molar-refractivity contribution in [3.05, 3.63) is 12.2 Å². The van der Waals surface area contributed by atoms with Gasteiger partial charge < -0.3 is 0 Å². The predicted octanol–water partition coefficient (Wildman–Crippen LogP) is 3.15. The zero-order valence-electron chi connectivity index (χ0n) is 6.82. The summed E-state index contributed by atoms with van der Waals surface area (Å²) in [6.45, 7) is 5.94. The lowest BCUT2D eigenvalue weighted by molar-refractivity contribution is 0.670. The van der Waals surface area contributed by atoms with Crippen LogP contribution in [0.5, 0.6) is 0 Å². The van der Waals surface area contributed by atoms with E-state index in [0.29, 0.717) is 0 Å². The van der Waals surface area contributed by atoms with Gasteiger partial charge in [-0.2, -0.15) is 0 Å². The van der Waals surface area contributed by atoms with E-state index in [1.807, 2.05) is 0 Å². The molecule has 10 heavy (non-hydrogen) atoms. The fourth-order valence-electron chi connectivity index (χ4n) is 0.837. The van der Waals surface area contributed by atoms with Gasteiger partial charge in [-0.3, -0.25) is 0 Å². The molecule has 0 nitrogen and oxygen atoms in total. The fraction of sp³-hybridized carbons (Fsp3) is 0.600. The second kappa shape index (κ2) is 6.42. The maximum atomic E-state index is 5.14. The van der Waals surface area contributed by atoms with Gasteiger partial charge in [0.15, 0.2) is 0 Å². The van der Waals surface area contributed by atoms with E-state index in [9.17, 15) is 0 Å². The predicted molar refractivity (Wildman–Crippen MR) is 46.7 cm³/mol. The Morgan fingerprint density at radius 2 is 2.10 bits per heavy atom. The van der Waals surface area contributed by atoms with Gasteiger partial charge in [0.2, 0.25) is 0 Å². The van der Waals surface area contributed by atoms with Crippen molar-refractivity contribution in [3.8, 4) is 12.3 Å². The first-order valence-electron chi connectivity index (χ1n) is 3.95. The lowest BCUT2D eigenvalue weighted by Crippen LogP contribution is -1.78. The molecule has 0 rings (SSSR count). The largest absolute Gasteiger partial charge is 0.115 e. The highest BCUT2D eigenvalue weighted by atomic mass is 13.9. The monoisotopic (exact) mass is 136 g/mol. The van der Waals surface area contributed by atoms with Crippen molar-refractivity contribution in [1.82, 2.24) is 0 Å². The zero-order chi connectivity index (χ0) is 7.82. The van der Waals surface area contributed by atoms with Crippen LogP contribution in [0.25, 0.3) is 0 Å². The first kappa shape index (κ1) is 9.30. The minimum absolute atomic E-state index is 0.941. The summed E-state index contributed by atoms with van der Waals surface area (Å²) in [5.41, 5.74) is 0.941. The minimum Gasteiger partial charge on any atom is -0.115 e. The van der Waals surface area contributed by atoms with E-state index in [-0.39, 0.29) is 0 Å². The molecule has 0 saturated carbocycles. The molecule has 0 aliphatic rings. The summed E-state index contributed by atoms with van der Waals surface area (Å²) >= 11 is 0. The first-order chi connectivity index (χ1) is 4.81. The number of hydrogen-bond donors (Lipinski definition) is 0. The zero-order valence-corrected chi connectivity index (χ0v) is 6.82. The molecule has 0 saturated heterocycles. The van der Waals surface area contributed by atoms with Crippen molar-refractivity contribution < 1.29 is 0 Å². The number of terminal acetylenes is 1. The van der Waals surface area contributed by atoms with E-state index >= 15 is 0 Å². The van der Waals surface area contributed by atoms with Crippen LogP contribution < -0.4 is 0 Å². The Bertz CT molecular complexity index is 125. The third kappa shape index (κ3) is 5.44. The van der Waals surface area contributed by atoms with Crippen LogP contribution in [-0.4, -0.2) is 0 Å². The molecule has 0 unspecified atom stereocenters. The molecule has 0 aromatic rings. The van der Waals surface area contributed by atoms with E-state index < -0.39 is 0 Å². The van der Waals surface area contributed by atoms with Crippen molar-refractivity contribution in [2.24, 2.45) is 0 Å². The van der Waals surface area contributed by atoms with E-state index in [2.05, 4.69) is 19.4 Å². The van der Waals surface area contributed by atoms with Crippen LogP contribution in [-0.2, 0) is 0 Å². The first-order valence-corrected chi connectivity index (χ1v) is 3.95. The Balaban J connectivity index is 3.06. The average molecular weight is 136 g/mol. The van der Waals surface area contributed by atoms with Gasteiger partial charge in [-0.05, 0) is 18.4 Å². The van der Waals surface area contributed by atoms with Crippen LogP contribution in [0.4, 0.5) is 0 Å². The quantitative estimate of drug-likeness (QED) is 0.402. The summed E-state index contributed by atoms with van der Waals surface area (Å²) in [5.74, 6) is 2.55. The maximum Gasteiger partial charge on any atom is -0.00542 e. The van der Waals surface area contributed by atoms with Crippen molar-refractivity contribution in [1.29, 1.82) is 0 Å². The fourth-order valence-corrected chi connectivity index (χ4v) is 0.837. The van der Waals surface area contributed by atoms with Crippen LogP contribution in [0.15, 0.2) is 12.2 Å². The molecule has 0 fully saturated rings. The lowest BCUT2D eigenvalue weighted by Gasteiger charge is -1.96.